The van der Waals surface area contributed by atoms with Gasteiger partial charge < -0.3 is 15.4 Å². The van der Waals surface area contributed by atoms with Crippen LogP contribution in [0.1, 0.15) is 16.1 Å². The maximum atomic E-state index is 12.0. The summed E-state index contributed by atoms with van der Waals surface area (Å²) in [5, 5.41) is 23.3. The summed E-state index contributed by atoms with van der Waals surface area (Å²) in [6, 6.07) is 10.6. The molecule has 0 fully saturated rings. The number of aromatic nitrogens is 4. The standard InChI is InChI=1S/C14H11ClN6O3/c15-10-8-20(7-9-4-2-1-3-5-9)19-13(10)16-14(22)11-6-12(18-17-11)21(23)24/h1-6,8H,7H2,(H,17,18)(H,16,19,22). The van der Waals surface area contributed by atoms with E-state index in [1.54, 1.807) is 10.9 Å². The molecule has 0 bridgehead atoms. The van der Waals surface area contributed by atoms with Crippen LogP contribution in [0.3, 0.4) is 0 Å². The topological polar surface area (TPSA) is 119 Å². The molecule has 2 heterocycles. The number of carbonyl (C=O) groups excluding carboxylic acids is 1. The molecule has 0 spiro atoms. The Bertz CT molecular complexity index is 889. The van der Waals surface area contributed by atoms with E-state index in [4.69, 9.17) is 11.6 Å². The Morgan fingerprint density at radius 1 is 1.38 bits per heavy atom. The minimum Gasteiger partial charge on any atom is -0.358 e. The third kappa shape index (κ3) is 3.41. The summed E-state index contributed by atoms with van der Waals surface area (Å²) < 4.78 is 1.58. The predicted octanol–water partition coefficient (Wildman–Crippen LogP) is 2.47. The van der Waals surface area contributed by atoms with Gasteiger partial charge in [0.15, 0.2) is 11.5 Å². The van der Waals surface area contributed by atoms with Crippen LogP contribution < -0.4 is 5.32 Å². The molecule has 0 unspecified atom stereocenters. The fourth-order valence-corrected chi connectivity index (χ4v) is 2.22. The molecule has 1 aromatic carbocycles. The lowest BCUT2D eigenvalue weighted by Crippen LogP contribution is -2.13. The fourth-order valence-electron chi connectivity index (χ4n) is 2.03. The number of benzene rings is 1. The van der Waals surface area contributed by atoms with Crippen molar-refractivity contribution < 1.29 is 9.72 Å². The van der Waals surface area contributed by atoms with Crippen LogP contribution in [0, 0.1) is 10.1 Å². The van der Waals surface area contributed by atoms with Gasteiger partial charge in [0.05, 0.1) is 12.6 Å². The second-order valence-electron chi connectivity index (χ2n) is 4.86. The van der Waals surface area contributed by atoms with Crippen LogP contribution in [0.15, 0.2) is 42.6 Å². The van der Waals surface area contributed by atoms with Gasteiger partial charge in [-0.05, 0) is 10.5 Å². The number of hydrogen-bond acceptors (Lipinski definition) is 5. The maximum Gasteiger partial charge on any atom is 0.343 e. The smallest absolute Gasteiger partial charge is 0.343 e. The molecule has 0 aliphatic heterocycles. The zero-order chi connectivity index (χ0) is 17.1. The van der Waals surface area contributed by atoms with E-state index in [-0.39, 0.29) is 22.4 Å². The molecule has 3 rings (SSSR count). The largest absolute Gasteiger partial charge is 0.358 e. The van der Waals surface area contributed by atoms with Gasteiger partial charge in [-0.25, -0.2) is 0 Å². The first-order valence-corrected chi connectivity index (χ1v) is 7.19. The lowest BCUT2D eigenvalue weighted by Gasteiger charge is -2.01. The van der Waals surface area contributed by atoms with E-state index in [2.05, 4.69) is 20.6 Å². The molecule has 10 heteroatoms. The molecule has 0 radical (unpaired) electrons. The van der Waals surface area contributed by atoms with Crippen molar-refractivity contribution >= 4 is 29.1 Å². The monoisotopic (exact) mass is 346 g/mol. The van der Waals surface area contributed by atoms with Crippen molar-refractivity contribution in [1.29, 1.82) is 0 Å². The van der Waals surface area contributed by atoms with Gasteiger partial charge in [-0.2, -0.15) is 5.10 Å². The highest BCUT2D eigenvalue weighted by atomic mass is 35.5. The van der Waals surface area contributed by atoms with E-state index in [1.807, 2.05) is 30.3 Å². The van der Waals surface area contributed by atoms with Gasteiger partial charge in [0, 0.05) is 6.20 Å². The van der Waals surface area contributed by atoms with Gasteiger partial charge in [-0.15, -0.1) is 5.10 Å². The van der Waals surface area contributed by atoms with E-state index in [0.29, 0.717) is 6.54 Å². The average molecular weight is 347 g/mol. The third-order valence-corrected chi connectivity index (χ3v) is 3.41. The summed E-state index contributed by atoms with van der Waals surface area (Å²) in [5.41, 5.74) is 0.896. The second kappa shape index (κ2) is 6.50. The molecule has 1 amide bonds. The minimum atomic E-state index is -0.675. The summed E-state index contributed by atoms with van der Waals surface area (Å²) in [6.45, 7) is 0.490. The van der Waals surface area contributed by atoms with Crippen LogP contribution in [-0.2, 0) is 6.54 Å². The number of hydrogen-bond donors (Lipinski definition) is 2. The van der Waals surface area contributed by atoms with Gasteiger partial charge in [-0.1, -0.05) is 47.0 Å². The number of halogens is 1. The molecular formula is C14H11ClN6O3. The van der Waals surface area contributed by atoms with Crippen molar-refractivity contribution in [2.75, 3.05) is 5.32 Å². The SMILES string of the molecule is O=C(Nc1nn(Cc2ccccc2)cc1Cl)c1cc([N+](=O)[O-])[nH]n1. The molecule has 0 atom stereocenters. The van der Waals surface area contributed by atoms with E-state index in [0.717, 1.165) is 11.6 Å². The number of H-pyrrole nitrogens is 1. The molecule has 9 nitrogen and oxygen atoms in total. The first-order chi connectivity index (χ1) is 11.5. The first-order valence-electron chi connectivity index (χ1n) is 6.81. The Morgan fingerprint density at radius 3 is 2.79 bits per heavy atom. The average Bonchev–Trinajstić information content (AvgIpc) is 3.16. The lowest BCUT2D eigenvalue weighted by molar-refractivity contribution is -0.389. The highest BCUT2D eigenvalue weighted by Gasteiger charge is 2.18. The zero-order valence-corrected chi connectivity index (χ0v) is 12.9. The maximum absolute atomic E-state index is 12.0. The molecule has 2 aromatic heterocycles. The molecule has 0 saturated heterocycles. The molecule has 24 heavy (non-hydrogen) atoms. The number of nitro groups is 1. The molecule has 0 saturated carbocycles. The van der Waals surface area contributed by atoms with Gasteiger partial charge in [0.2, 0.25) is 0 Å². The summed E-state index contributed by atoms with van der Waals surface area (Å²) >= 11 is 6.06. The third-order valence-electron chi connectivity index (χ3n) is 3.13. The highest BCUT2D eigenvalue weighted by Crippen LogP contribution is 2.21. The van der Waals surface area contributed by atoms with Crippen LogP contribution in [0.4, 0.5) is 11.6 Å². The zero-order valence-electron chi connectivity index (χ0n) is 12.1. The fraction of sp³-hybridized carbons (Fsp3) is 0.0714. The van der Waals surface area contributed by atoms with Gasteiger partial charge in [0.25, 0.3) is 5.91 Å². The summed E-state index contributed by atoms with van der Waals surface area (Å²) in [7, 11) is 0. The van der Waals surface area contributed by atoms with Crippen LogP contribution in [0.25, 0.3) is 0 Å². The number of carbonyl (C=O) groups is 1. The quantitative estimate of drug-likeness (QED) is 0.543. The normalized spacial score (nSPS) is 10.5. The Labute approximate surface area is 140 Å². The molecule has 3 aromatic rings. The number of amides is 1. The van der Waals surface area contributed by atoms with E-state index < -0.39 is 10.8 Å². The molecule has 2 N–H and O–H groups in total. The Balaban J connectivity index is 1.73. The lowest BCUT2D eigenvalue weighted by atomic mass is 10.2. The van der Waals surface area contributed by atoms with Crippen molar-refractivity contribution in [3.05, 3.63) is 69.0 Å². The minimum absolute atomic E-state index is 0.129. The Kier molecular flexibility index (Phi) is 4.25. The summed E-state index contributed by atoms with van der Waals surface area (Å²) in [4.78, 5) is 22.0. The number of nitrogens with one attached hydrogen (secondary N) is 2. The van der Waals surface area contributed by atoms with Crippen LogP contribution in [0.2, 0.25) is 5.02 Å². The first kappa shape index (κ1) is 15.7. The van der Waals surface area contributed by atoms with Gasteiger partial charge in [-0.3, -0.25) is 9.48 Å². The Morgan fingerprint density at radius 2 is 2.12 bits per heavy atom. The van der Waals surface area contributed by atoms with Crippen LogP contribution in [-0.4, -0.2) is 30.8 Å². The number of rotatable bonds is 5. The Hall–Kier alpha value is -3.20. The van der Waals surface area contributed by atoms with Gasteiger partial charge in [0.1, 0.15) is 5.02 Å². The predicted molar refractivity (Wildman–Crippen MR) is 86.0 cm³/mol. The van der Waals surface area contributed by atoms with Crippen LogP contribution in [0.5, 0.6) is 0 Å². The molecule has 0 aliphatic rings. The summed E-state index contributed by atoms with van der Waals surface area (Å²) in [5.74, 6) is -0.865. The number of anilines is 1. The van der Waals surface area contributed by atoms with Crippen molar-refractivity contribution in [2.24, 2.45) is 0 Å². The van der Waals surface area contributed by atoms with Crippen molar-refractivity contribution in [2.45, 2.75) is 6.54 Å². The van der Waals surface area contributed by atoms with Gasteiger partial charge >= 0.3 is 5.82 Å². The van der Waals surface area contributed by atoms with Crippen molar-refractivity contribution in [3.8, 4) is 0 Å². The van der Waals surface area contributed by atoms with E-state index in [1.165, 1.54) is 0 Å². The summed E-state index contributed by atoms with van der Waals surface area (Å²) in [6.07, 6.45) is 1.58. The van der Waals surface area contributed by atoms with Crippen molar-refractivity contribution in [3.63, 3.8) is 0 Å². The van der Waals surface area contributed by atoms with E-state index >= 15 is 0 Å². The van der Waals surface area contributed by atoms with Crippen molar-refractivity contribution in [1.82, 2.24) is 20.0 Å². The van der Waals surface area contributed by atoms with Crippen LogP contribution >= 0.6 is 11.6 Å². The highest BCUT2D eigenvalue weighted by molar-refractivity contribution is 6.33. The second-order valence-corrected chi connectivity index (χ2v) is 5.27. The molecule has 122 valence electrons. The van der Waals surface area contributed by atoms with E-state index in [9.17, 15) is 14.9 Å². The molecular weight excluding hydrogens is 336 g/mol. The molecule has 0 aliphatic carbocycles. The number of aromatic amines is 1. The number of nitrogens with zero attached hydrogens (tertiary/aromatic N) is 4.